The van der Waals surface area contributed by atoms with Crippen LogP contribution in [0.3, 0.4) is 0 Å². The second-order valence-electron chi connectivity index (χ2n) is 5.14. The number of para-hydroxylation sites is 1. The van der Waals surface area contributed by atoms with E-state index in [4.69, 9.17) is 0 Å². The molecule has 0 bridgehead atoms. The van der Waals surface area contributed by atoms with Crippen LogP contribution in [0.5, 0.6) is 0 Å². The van der Waals surface area contributed by atoms with Gasteiger partial charge in [0.05, 0.1) is 11.3 Å². The zero-order chi connectivity index (χ0) is 15.8. The van der Waals surface area contributed by atoms with Crippen molar-refractivity contribution in [1.29, 1.82) is 0 Å². The number of hydrogen-bond acceptors (Lipinski definition) is 2. The van der Waals surface area contributed by atoms with Crippen LogP contribution >= 0.6 is 0 Å². The van der Waals surface area contributed by atoms with Gasteiger partial charge in [-0.15, -0.1) is 0 Å². The average molecular weight is 300 g/mol. The molecule has 4 nitrogen and oxygen atoms in total. The molecule has 114 valence electrons. The molecule has 0 aliphatic carbocycles. The molecule has 1 N–H and O–H groups in total. The topological polar surface area (TPSA) is 49.4 Å². The molecule has 0 spiro atoms. The van der Waals surface area contributed by atoms with Crippen molar-refractivity contribution in [2.75, 3.05) is 11.4 Å². The normalized spacial score (nSPS) is 23.2. The van der Waals surface area contributed by atoms with Gasteiger partial charge in [0, 0.05) is 0 Å². The molecule has 1 atom stereocenters. The van der Waals surface area contributed by atoms with E-state index in [9.17, 15) is 22.8 Å². The first-order chi connectivity index (χ1) is 9.69. The number of benzene rings is 1. The molecule has 0 aromatic heterocycles. The van der Waals surface area contributed by atoms with Gasteiger partial charge in [0.2, 0.25) is 5.91 Å². The molecule has 1 aromatic carbocycles. The SMILES string of the molecule is CCC1(C)NC(=O)CN(c2ccccc2C(F)(F)F)C1=O. The van der Waals surface area contributed by atoms with Crippen LogP contribution in [0.2, 0.25) is 0 Å². The lowest BCUT2D eigenvalue weighted by molar-refractivity contribution is -0.139. The Morgan fingerprint density at radius 3 is 2.48 bits per heavy atom. The number of anilines is 1. The quantitative estimate of drug-likeness (QED) is 0.911. The molecule has 2 rings (SSSR count). The highest BCUT2D eigenvalue weighted by Gasteiger charge is 2.44. The van der Waals surface area contributed by atoms with E-state index in [1.165, 1.54) is 25.1 Å². The van der Waals surface area contributed by atoms with Crippen molar-refractivity contribution in [3.63, 3.8) is 0 Å². The Kier molecular flexibility index (Phi) is 3.69. The lowest BCUT2D eigenvalue weighted by Gasteiger charge is -2.39. The fourth-order valence-electron chi connectivity index (χ4n) is 2.30. The Bertz CT molecular complexity index is 586. The van der Waals surface area contributed by atoms with Crippen LogP contribution in [0.25, 0.3) is 0 Å². The molecule has 21 heavy (non-hydrogen) atoms. The number of nitrogens with one attached hydrogen (secondary N) is 1. The Hall–Kier alpha value is -2.05. The summed E-state index contributed by atoms with van der Waals surface area (Å²) in [7, 11) is 0. The number of alkyl halides is 3. The van der Waals surface area contributed by atoms with Gasteiger partial charge in [-0.3, -0.25) is 9.59 Å². The molecule has 1 aliphatic rings. The van der Waals surface area contributed by atoms with Crippen LogP contribution in [0, 0.1) is 0 Å². The molecule has 2 amide bonds. The minimum Gasteiger partial charge on any atom is -0.340 e. The third-order valence-corrected chi connectivity index (χ3v) is 3.64. The van der Waals surface area contributed by atoms with Crippen molar-refractivity contribution in [3.8, 4) is 0 Å². The van der Waals surface area contributed by atoms with Gasteiger partial charge in [0.1, 0.15) is 12.1 Å². The number of piperazine rings is 1. The summed E-state index contributed by atoms with van der Waals surface area (Å²) < 4.78 is 39.2. The van der Waals surface area contributed by atoms with Crippen molar-refractivity contribution in [3.05, 3.63) is 29.8 Å². The average Bonchev–Trinajstić information content (AvgIpc) is 2.42. The maximum atomic E-state index is 13.1. The maximum Gasteiger partial charge on any atom is 0.418 e. The number of rotatable bonds is 2. The summed E-state index contributed by atoms with van der Waals surface area (Å²) in [4.78, 5) is 25.1. The van der Waals surface area contributed by atoms with Crippen LogP contribution < -0.4 is 10.2 Å². The summed E-state index contributed by atoms with van der Waals surface area (Å²) in [6.45, 7) is 2.79. The van der Waals surface area contributed by atoms with Gasteiger partial charge in [-0.1, -0.05) is 19.1 Å². The zero-order valence-corrected chi connectivity index (χ0v) is 11.6. The Balaban J connectivity index is 2.51. The van der Waals surface area contributed by atoms with E-state index in [1.807, 2.05) is 0 Å². The number of halogens is 3. The zero-order valence-electron chi connectivity index (χ0n) is 11.6. The fraction of sp³-hybridized carbons (Fsp3) is 0.429. The highest BCUT2D eigenvalue weighted by Crippen LogP contribution is 2.37. The van der Waals surface area contributed by atoms with Crippen molar-refractivity contribution < 1.29 is 22.8 Å². The van der Waals surface area contributed by atoms with E-state index >= 15 is 0 Å². The summed E-state index contributed by atoms with van der Waals surface area (Å²) in [6, 6.07) is 4.77. The standard InChI is InChI=1S/C14H15F3N2O2/c1-3-13(2)12(21)19(8-11(20)18-13)10-7-5-4-6-9(10)14(15,16)17/h4-7H,3,8H2,1-2H3,(H,18,20). The van der Waals surface area contributed by atoms with Crippen molar-refractivity contribution in [2.45, 2.75) is 32.0 Å². The third kappa shape index (κ3) is 2.72. The molecule has 1 saturated heterocycles. The molecular formula is C14H15F3N2O2. The van der Waals surface area contributed by atoms with E-state index in [0.29, 0.717) is 6.42 Å². The summed E-state index contributed by atoms with van der Waals surface area (Å²) >= 11 is 0. The van der Waals surface area contributed by atoms with Gasteiger partial charge in [-0.05, 0) is 25.5 Å². The summed E-state index contributed by atoms with van der Waals surface area (Å²) in [5, 5.41) is 2.54. The number of carbonyl (C=O) groups is 2. The molecule has 1 unspecified atom stereocenters. The smallest absolute Gasteiger partial charge is 0.340 e. The van der Waals surface area contributed by atoms with E-state index < -0.39 is 35.6 Å². The van der Waals surface area contributed by atoms with Crippen molar-refractivity contribution in [2.24, 2.45) is 0 Å². The maximum absolute atomic E-state index is 13.1. The van der Waals surface area contributed by atoms with Crippen LogP contribution in [-0.4, -0.2) is 23.9 Å². The summed E-state index contributed by atoms with van der Waals surface area (Å²) in [5.74, 6) is -1.02. The number of carbonyl (C=O) groups excluding carboxylic acids is 2. The number of hydrogen-bond donors (Lipinski definition) is 1. The first-order valence-electron chi connectivity index (χ1n) is 6.48. The predicted molar refractivity (Wildman–Crippen MR) is 70.6 cm³/mol. The van der Waals surface area contributed by atoms with Gasteiger partial charge in [-0.2, -0.15) is 13.2 Å². The highest BCUT2D eigenvalue weighted by atomic mass is 19.4. The molecule has 1 aromatic rings. The molecule has 7 heteroatoms. The second-order valence-corrected chi connectivity index (χ2v) is 5.14. The van der Waals surface area contributed by atoms with Crippen LogP contribution in [0.15, 0.2) is 24.3 Å². The number of nitrogens with zero attached hydrogens (tertiary/aromatic N) is 1. The Morgan fingerprint density at radius 2 is 1.90 bits per heavy atom. The van der Waals surface area contributed by atoms with E-state index in [1.54, 1.807) is 6.92 Å². The van der Waals surface area contributed by atoms with Gasteiger partial charge in [0.15, 0.2) is 0 Å². The molecule has 0 radical (unpaired) electrons. The van der Waals surface area contributed by atoms with Gasteiger partial charge < -0.3 is 10.2 Å². The van der Waals surface area contributed by atoms with Crippen molar-refractivity contribution >= 4 is 17.5 Å². The van der Waals surface area contributed by atoms with Crippen LogP contribution in [-0.2, 0) is 15.8 Å². The monoisotopic (exact) mass is 300 g/mol. The van der Waals surface area contributed by atoms with Gasteiger partial charge in [-0.25, -0.2) is 0 Å². The third-order valence-electron chi connectivity index (χ3n) is 3.64. The second kappa shape index (κ2) is 5.05. The fourth-order valence-corrected chi connectivity index (χ4v) is 2.30. The van der Waals surface area contributed by atoms with Crippen molar-refractivity contribution in [1.82, 2.24) is 5.32 Å². The summed E-state index contributed by atoms with van der Waals surface area (Å²) in [6.07, 6.45) is -4.30. The van der Waals surface area contributed by atoms with E-state index in [2.05, 4.69) is 5.32 Å². The minimum atomic E-state index is -4.59. The minimum absolute atomic E-state index is 0.287. The lowest BCUT2D eigenvalue weighted by Crippen LogP contribution is -2.65. The van der Waals surface area contributed by atoms with Gasteiger partial charge >= 0.3 is 6.18 Å². The van der Waals surface area contributed by atoms with E-state index in [-0.39, 0.29) is 5.69 Å². The van der Waals surface area contributed by atoms with Gasteiger partial charge in [0.25, 0.3) is 5.91 Å². The molecule has 0 saturated carbocycles. The molecular weight excluding hydrogens is 285 g/mol. The number of amides is 2. The molecule has 1 fully saturated rings. The van der Waals surface area contributed by atoms with E-state index in [0.717, 1.165) is 11.0 Å². The Labute approximate surface area is 119 Å². The predicted octanol–water partition coefficient (Wildman–Crippen LogP) is 2.34. The largest absolute Gasteiger partial charge is 0.418 e. The summed E-state index contributed by atoms with van der Waals surface area (Å²) in [5.41, 5.74) is -2.40. The first-order valence-corrected chi connectivity index (χ1v) is 6.48. The van der Waals surface area contributed by atoms with Crippen LogP contribution in [0.4, 0.5) is 18.9 Å². The highest BCUT2D eigenvalue weighted by molar-refractivity contribution is 6.09. The lowest BCUT2D eigenvalue weighted by atomic mass is 9.93. The first kappa shape index (κ1) is 15.3. The molecule has 1 heterocycles. The molecule has 1 aliphatic heterocycles. The Morgan fingerprint density at radius 1 is 1.29 bits per heavy atom. The van der Waals surface area contributed by atoms with Crippen LogP contribution in [0.1, 0.15) is 25.8 Å².